The van der Waals surface area contributed by atoms with Gasteiger partial charge in [-0.25, -0.2) is 0 Å². The number of nitrogens with one attached hydrogen (secondary N) is 1. The smallest absolute Gasteiger partial charge is 0.224 e. The van der Waals surface area contributed by atoms with Gasteiger partial charge in [-0.15, -0.1) is 0 Å². The number of rotatable bonds is 1. The van der Waals surface area contributed by atoms with E-state index in [4.69, 9.17) is 0 Å². The van der Waals surface area contributed by atoms with Crippen molar-refractivity contribution in [2.24, 2.45) is 0 Å². The number of hydrogen-bond donors (Lipinski definition) is 1. The van der Waals surface area contributed by atoms with Gasteiger partial charge in [0.1, 0.15) is 0 Å². The van der Waals surface area contributed by atoms with E-state index in [-0.39, 0.29) is 5.91 Å². The Labute approximate surface area is 107 Å². The molecule has 2 aromatic carbocycles. The zero-order valence-corrected chi connectivity index (χ0v) is 10.1. The molecular formula is C16H15NO. The highest BCUT2D eigenvalue weighted by atomic mass is 16.1. The third kappa shape index (κ3) is 2.02. The lowest BCUT2D eigenvalue weighted by atomic mass is 9.87. The summed E-state index contributed by atoms with van der Waals surface area (Å²) in [6.07, 6.45) is 1.45. The summed E-state index contributed by atoms with van der Waals surface area (Å²) in [4.78, 5) is 11.7. The summed E-state index contributed by atoms with van der Waals surface area (Å²) in [5, 5.41) is 2.98. The molecule has 18 heavy (non-hydrogen) atoms. The fraction of sp³-hybridized carbons (Fsp3) is 0.188. The number of hydrogen-bond acceptors (Lipinski definition) is 1. The number of carbonyl (C=O) groups excluding carboxylic acids is 1. The van der Waals surface area contributed by atoms with Crippen molar-refractivity contribution in [2.75, 3.05) is 5.32 Å². The molecule has 0 bridgehead atoms. The largest absolute Gasteiger partial charge is 0.326 e. The first-order valence-electron chi connectivity index (χ1n) is 6.28. The van der Waals surface area contributed by atoms with Crippen LogP contribution in [0.1, 0.15) is 29.9 Å². The van der Waals surface area contributed by atoms with Gasteiger partial charge in [0.25, 0.3) is 0 Å². The van der Waals surface area contributed by atoms with Gasteiger partial charge in [-0.1, -0.05) is 48.5 Å². The molecule has 1 heterocycles. The van der Waals surface area contributed by atoms with Gasteiger partial charge in [-0.3, -0.25) is 4.79 Å². The van der Waals surface area contributed by atoms with Crippen molar-refractivity contribution >= 4 is 11.6 Å². The van der Waals surface area contributed by atoms with Crippen LogP contribution < -0.4 is 5.32 Å². The molecule has 2 nitrogen and oxygen atoms in total. The monoisotopic (exact) mass is 237 g/mol. The van der Waals surface area contributed by atoms with E-state index in [1.807, 2.05) is 24.3 Å². The molecule has 1 atom stereocenters. The van der Waals surface area contributed by atoms with Crippen LogP contribution in [0.25, 0.3) is 0 Å². The standard InChI is InChI=1S/C16H15NO/c18-16-11-10-13(12-6-2-1-3-7-12)14-8-4-5-9-15(14)17-16/h1-9,13H,10-11H2,(H,17,18). The molecule has 1 amide bonds. The fourth-order valence-electron chi connectivity index (χ4n) is 2.59. The van der Waals surface area contributed by atoms with Gasteiger partial charge in [0, 0.05) is 18.0 Å². The van der Waals surface area contributed by atoms with Crippen LogP contribution in [0.4, 0.5) is 5.69 Å². The van der Waals surface area contributed by atoms with Gasteiger partial charge in [0.05, 0.1) is 0 Å². The maximum Gasteiger partial charge on any atom is 0.224 e. The highest BCUT2D eigenvalue weighted by Crippen LogP contribution is 2.36. The minimum absolute atomic E-state index is 0.112. The molecule has 1 unspecified atom stereocenters. The van der Waals surface area contributed by atoms with Crippen molar-refractivity contribution in [1.29, 1.82) is 0 Å². The van der Waals surface area contributed by atoms with Crippen LogP contribution in [0.5, 0.6) is 0 Å². The molecule has 0 aromatic heterocycles. The van der Waals surface area contributed by atoms with Crippen LogP contribution >= 0.6 is 0 Å². The van der Waals surface area contributed by atoms with E-state index in [1.54, 1.807) is 0 Å². The molecule has 0 aliphatic carbocycles. The Bertz CT molecular complexity index is 562. The van der Waals surface area contributed by atoms with Crippen molar-refractivity contribution in [1.82, 2.24) is 0 Å². The molecule has 0 saturated carbocycles. The van der Waals surface area contributed by atoms with Gasteiger partial charge in [0.15, 0.2) is 0 Å². The SMILES string of the molecule is O=C1CCC(c2ccccc2)c2ccccc2N1. The van der Waals surface area contributed by atoms with Crippen molar-refractivity contribution < 1.29 is 4.79 Å². The molecule has 0 spiro atoms. The minimum Gasteiger partial charge on any atom is -0.326 e. The summed E-state index contributed by atoms with van der Waals surface area (Å²) < 4.78 is 0. The number of amides is 1. The average Bonchev–Trinajstić information content (AvgIpc) is 2.58. The molecule has 1 aliphatic rings. The number of carbonyl (C=O) groups is 1. The Morgan fingerprint density at radius 2 is 1.67 bits per heavy atom. The molecule has 1 N–H and O–H groups in total. The summed E-state index contributed by atoms with van der Waals surface area (Å²) in [6, 6.07) is 18.5. The molecule has 90 valence electrons. The maximum absolute atomic E-state index is 11.7. The van der Waals surface area contributed by atoms with E-state index < -0.39 is 0 Å². The number of fused-ring (bicyclic) bond motifs is 1. The van der Waals surface area contributed by atoms with E-state index in [0.717, 1.165) is 12.1 Å². The fourth-order valence-corrected chi connectivity index (χ4v) is 2.59. The summed E-state index contributed by atoms with van der Waals surface area (Å²) in [5.74, 6) is 0.419. The quantitative estimate of drug-likeness (QED) is 0.807. The number of benzene rings is 2. The summed E-state index contributed by atoms with van der Waals surface area (Å²) >= 11 is 0. The van der Waals surface area contributed by atoms with Crippen molar-refractivity contribution in [3.8, 4) is 0 Å². The van der Waals surface area contributed by atoms with Crippen LogP contribution in [0.15, 0.2) is 54.6 Å². The lowest BCUT2D eigenvalue weighted by molar-refractivity contribution is -0.116. The van der Waals surface area contributed by atoms with E-state index in [9.17, 15) is 4.79 Å². The predicted octanol–water partition coefficient (Wildman–Crippen LogP) is 3.55. The molecule has 0 saturated heterocycles. The average molecular weight is 237 g/mol. The van der Waals surface area contributed by atoms with Crippen LogP contribution in [-0.4, -0.2) is 5.91 Å². The topological polar surface area (TPSA) is 29.1 Å². The first-order chi connectivity index (χ1) is 8.84. The van der Waals surface area contributed by atoms with Crippen LogP contribution in [0.3, 0.4) is 0 Å². The van der Waals surface area contributed by atoms with Crippen LogP contribution in [0.2, 0.25) is 0 Å². The second-order valence-corrected chi connectivity index (χ2v) is 4.64. The van der Waals surface area contributed by atoms with Crippen LogP contribution in [-0.2, 0) is 4.79 Å². The maximum atomic E-state index is 11.7. The number of para-hydroxylation sites is 1. The predicted molar refractivity (Wildman–Crippen MR) is 72.6 cm³/mol. The third-order valence-electron chi connectivity index (χ3n) is 3.47. The normalized spacial score (nSPS) is 18.7. The molecule has 2 aromatic rings. The summed E-state index contributed by atoms with van der Waals surface area (Å²) in [5.41, 5.74) is 3.45. The van der Waals surface area contributed by atoms with E-state index in [0.29, 0.717) is 12.3 Å². The number of anilines is 1. The second kappa shape index (κ2) is 4.65. The van der Waals surface area contributed by atoms with Crippen LogP contribution in [0, 0.1) is 0 Å². The molecule has 0 radical (unpaired) electrons. The Balaban J connectivity index is 2.08. The van der Waals surface area contributed by atoms with E-state index in [1.165, 1.54) is 11.1 Å². The van der Waals surface area contributed by atoms with Gasteiger partial charge < -0.3 is 5.32 Å². The third-order valence-corrected chi connectivity index (χ3v) is 3.47. The van der Waals surface area contributed by atoms with Crippen molar-refractivity contribution in [2.45, 2.75) is 18.8 Å². The van der Waals surface area contributed by atoms with Crippen molar-refractivity contribution in [3.63, 3.8) is 0 Å². The molecule has 2 heteroatoms. The van der Waals surface area contributed by atoms with Gasteiger partial charge in [-0.05, 0) is 23.6 Å². The Morgan fingerprint density at radius 3 is 2.50 bits per heavy atom. The Morgan fingerprint density at radius 1 is 0.944 bits per heavy atom. The van der Waals surface area contributed by atoms with E-state index in [2.05, 4.69) is 35.6 Å². The summed E-state index contributed by atoms with van der Waals surface area (Å²) in [7, 11) is 0. The Hall–Kier alpha value is -2.09. The highest BCUT2D eigenvalue weighted by molar-refractivity contribution is 5.92. The second-order valence-electron chi connectivity index (χ2n) is 4.64. The lowest BCUT2D eigenvalue weighted by Crippen LogP contribution is -2.08. The minimum atomic E-state index is 0.112. The van der Waals surface area contributed by atoms with E-state index >= 15 is 0 Å². The zero-order chi connectivity index (χ0) is 12.4. The molecule has 1 aliphatic heterocycles. The highest BCUT2D eigenvalue weighted by Gasteiger charge is 2.22. The van der Waals surface area contributed by atoms with Gasteiger partial charge >= 0.3 is 0 Å². The molecular weight excluding hydrogens is 222 g/mol. The first kappa shape index (κ1) is 11.0. The van der Waals surface area contributed by atoms with Gasteiger partial charge in [0.2, 0.25) is 5.91 Å². The van der Waals surface area contributed by atoms with Gasteiger partial charge in [-0.2, -0.15) is 0 Å². The zero-order valence-electron chi connectivity index (χ0n) is 10.1. The summed E-state index contributed by atoms with van der Waals surface area (Å²) in [6.45, 7) is 0. The molecule has 3 rings (SSSR count). The van der Waals surface area contributed by atoms with Crippen molar-refractivity contribution in [3.05, 3.63) is 65.7 Å². The first-order valence-corrected chi connectivity index (χ1v) is 6.28. The molecule has 0 fully saturated rings. The lowest BCUT2D eigenvalue weighted by Gasteiger charge is -2.17. The Kier molecular flexibility index (Phi) is 2.85.